The van der Waals surface area contributed by atoms with E-state index in [1.54, 1.807) is 18.2 Å². The first kappa shape index (κ1) is 40.4. The first-order valence-corrected chi connectivity index (χ1v) is 21.1. The van der Waals surface area contributed by atoms with Crippen molar-refractivity contribution in [2.24, 2.45) is 0 Å². The van der Waals surface area contributed by atoms with E-state index in [9.17, 15) is 31.6 Å². The molecule has 0 unspecified atom stereocenters. The Bertz CT molecular complexity index is 3710. The van der Waals surface area contributed by atoms with Gasteiger partial charge in [-0.05, 0) is 107 Å². The molecule has 9 heteroatoms. The Morgan fingerprint density at radius 2 is 0.848 bits per heavy atom. The maximum atomic E-state index is 14.8. The largest absolute Gasteiger partial charge is 0.417 e. The molecule has 2 aromatic heterocycles. The van der Waals surface area contributed by atoms with Crippen molar-refractivity contribution in [3.05, 3.63) is 217 Å². The average molecular weight is 874 g/mol. The predicted octanol–water partition coefficient (Wildman–Crippen LogP) is 16.5. The number of halogens is 6. The number of nitrogens with zero attached hydrogens (tertiary/aromatic N) is 3. The van der Waals surface area contributed by atoms with Crippen LogP contribution >= 0.6 is 0 Å². The van der Waals surface area contributed by atoms with Gasteiger partial charge in [-0.1, -0.05) is 121 Å². The number of benzene rings is 9. The summed E-state index contributed by atoms with van der Waals surface area (Å²) < 4.78 is 93.0. The molecule has 0 aliphatic carbocycles. The molecule has 9 aromatic carbocycles. The normalized spacial score (nSPS) is 12.1. The summed E-state index contributed by atoms with van der Waals surface area (Å²) in [7, 11) is 0. The highest BCUT2D eigenvalue weighted by Crippen LogP contribution is 2.47. The quantitative estimate of drug-likeness (QED) is 0.153. The molecule has 0 aliphatic heterocycles. The molecule has 0 fully saturated rings. The van der Waals surface area contributed by atoms with E-state index in [1.165, 1.54) is 12.1 Å². The minimum absolute atomic E-state index is 0.177. The van der Waals surface area contributed by atoms with E-state index in [0.717, 1.165) is 71.9 Å². The second-order valence-electron chi connectivity index (χ2n) is 16.2. The van der Waals surface area contributed by atoms with Gasteiger partial charge in [-0.15, -0.1) is 0 Å². The molecular formula is C57H33F6N3. The Kier molecular flexibility index (Phi) is 9.45. The van der Waals surface area contributed by atoms with Crippen molar-refractivity contribution in [1.29, 1.82) is 5.26 Å². The lowest BCUT2D eigenvalue weighted by Gasteiger charge is -2.22. The minimum atomic E-state index is -5.12. The van der Waals surface area contributed by atoms with Crippen molar-refractivity contribution >= 4 is 43.6 Å². The molecule has 0 atom stereocenters. The second-order valence-corrected chi connectivity index (χ2v) is 16.2. The zero-order valence-corrected chi connectivity index (χ0v) is 34.7. The van der Waals surface area contributed by atoms with Gasteiger partial charge in [-0.3, -0.25) is 0 Å². The zero-order valence-electron chi connectivity index (χ0n) is 34.7. The molecule has 0 saturated carbocycles. The average Bonchev–Trinajstić information content (AvgIpc) is 3.85. The maximum Gasteiger partial charge on any atom is 0.417 e. The van der Waals surface area contributed by atoms with Crippen LogP contribution in [0.25, 0.3) is 99.5 Å². The molecule has 0 bridgehead atoms. The van der Waals surface area contributed by atoms with Gasteiger partial charge in [0, 0.05) is 43.9 Å². The Morgan fingerprint density at radius 3 is 1.39 bits per heavy atom. The van der Waals surface area contributed by atoms with Gasteiger partial charge in [0.1, 0.15) is 0 Å². The lowest BCUT2D eigenvalue weighted by atomic mass is 9.89. The third-order valence-electron chi connectivity index (χ3n) is 12.4. The van der Waals surface area contributed by atoms with Gasteiger partial charge in [-0.2, -0.15) is 31.6 Å². The SMILES string of the molecule is N#Cc1ccc(-n2c3ccccc3c3cc(-c4ccccc4)ccc32)cc1-c1cc(-c2c(C(F)(F)F)cccc2C(F)(F)F)ccc1-n1c2ccccc2c2cc(-c3ccccc3)ccc21. The molecule has 0 saturated heterocycles. The third-order valence-corrected chi connectivity index (χ3v) is 12.4. The smallest absolute Gasteiger partial charge is 0.309 e. The van der Waals surface area contributed by atoms with E-state index >= 15 is 0 Å². The van der Waals surface area contributed by atoms with Crippen LogP contribution in [0.3, 0.4) is 0 Å². The Balaban J connectivity index is 1.21. The number of nitriles is 1. The van der Waals surface area contributed by atoms with E-state index in [1.807, 2.05) is 144 Å². The van der Waals surface area contributed by atoms with E-state index < -0.39 is 29.0 Å². The van der Waals surface area contributed by atoms with E-state index in [4.69, 9.17) is 0 Å². The number of aromatic nitrogens is 2. The molecular weight excluding hydrogens is 841 g/mol. The van der Waals surface area contributed by atoms with Crippen molar-refractivity contribution in [3.8, 4) is 62.0 Å². The number of hydrogen-bond donors (Lipinski definition) is 0. The molecule has 66 heavy (non-hydrogen) atoms. The fourth-order valence-corrected chi connectivity index (χ4v) is 9.53. The molecule has 0 radical (unpaired) electrons. The summed E-state index contributed by atoms with van der Waals surface area (Å²) in [6.07, 6.45) is -10.2. The van der Waals surface area contributed by atoms with Crippen LogP contribution in [-0.2, 0) is 12.4 Å². The summed E-state index contributed by atoms with van der Waals surface area (Å²) >= 11 is 0. The highest BCUT2D eigenvalue weighted by molar-refractivity contribution is 6.12. The molecule has 11 aromatic rings. The molecule has 3 nitrogen and oxygen atoms in total. The maximum absolute atomic E-state index is 14.8. The van der Waals surface area contributed by atoms with E-state index in [0.29, 0.717) is 29.1 Å². The van der Waals surface area contributed by atoms with Gasteiger partial charge < -0.3 is 9.13 Å². The summed E-state index contributed by atoms with van der Waals surface area (Å²) in [5.74, 6) is 0. The van der Waals surface area contributed by atoms with Crippen LogP contribution in [0.4, 0.5) is 26.3 Å². The van der Waals surface area contributed by atoms with Crippen molar-refractivity contribution in [3.63, 3.8) is 0 Å². The van der Waals surface area contributed by atoms with Crippen molar-refractivity contribution in [1.82, 2.24) is 9.13 Å². The van der Waals surface area contributed by atoms with Crippen LogP contribution in [0.1, 0.15) is 16.7 Å². The lowest BCUT2D eigenvalue weighted by molar-refractivity contribution is -0.142. The fraction of sp³-hybridized carbons (Fsp3) is 0.0351. The van der Waals surface area contributed by atoms with Crippen LogP contribution in [0, 0.1) is 11.3 Å². The van der Waals surface area contributed by atoms with Gasteiger partial charge in [0.25, 0.3) is 0 Å². The van der Waals surface area contributed by atoms with Crippen molar-refractivity contribution < 1.29 is 26.3 Å². The highest BCUT2D eigenvalue weighted by Gasteiger charge is 2.41. The summed E-state index contributed by atoms with van der Waals surface area (Å²) in [5.41, 5.74) is 4.99. The second kappa shape index (κ2) is 15.4. The standard InChI is InChI=1S/C57H33F6N3/c58-56(59,60)48-18-11-19-49(57(61,62)63)55(48)39-25-29-54(66-51-21-10-8-17-43(51)46-31-38(24-28-53(46)66)36-14-5-2-6-15-36)47(32-39)44-33-41(26-22-40(44)34-64)65-50-20-9-7-16-42(50)45-30-37(23-27-52(45)65)35-12-3-1-4-13-35/h1-33H. The van der Waals surface area contributed by atoms with Gasteiger partial charge in [0.2, 0.25) is 0 Å². The lowest BCUT2D eigenvalue weighted by Crippen LogP contribution is -2.14. The summed E-state index contributed by atoms with van der Waals surface area (Å²) in [4.78, 5) is 0. The summed E-state index contributed by atoms with van der Waals surface area (Å²) in [6, 6.07) is 61.7. The molecule has 2 heterocycles. The molecule has 11 rings (SSSR count). The molecule has 0 amide bonds. The van der Waals surface area contributed by atoms with Gasteiger partial charge in [-0.25, -0.2) is 0 Å². The van der Waals surface area contributed by atoms with E-state index in [2.05, 4.69) is 22.8 Å². The minimum Gasteiger partial charge on any atom is -0.309 e. The van der Waals surface area contributed by atoms with Crippen molar-refractivity contribution in [2.75, 3.05) is 0 Å². The monoisotopic (exact) mass is 873 g/mol. The third kappa shape index (κ3) is 6.69. The number of fused-ring (bicyclic) bond motifs is 6. The Hall–Kier alpha value is -8.35. The predicted molar refractivity (Wildman–Crippen MR) is 252 cm³/mol. The first-order chi connectivity index (χ1) is 32.0. The number of hydrogen-bond acceptors (Lipinski definition) is 1. The Morgan fingerprint density at radius 1 is 0.364 bits per heavy atom. The topological polar surface area (TPSA) is 33.6 Å². The van der Waals surface area contributed by atoms with Gasteiger partial charge in [0.15, 0.2) is 0 Å². The molecule has 318 valence electrons. The van der Waals surface area contributed by atoms with Crippen LogP contribution < -0.4 is 0 Å². The van der Waals surface area contributed by atoms with E-state index in [-0.39, 0.29) is 16.7 Å². The van der Waals surface area contributed by atoms with Gasteiger partial charge in [0.05, 0.1) is 50.5 Å². The zero-order chi connectivity index (χ0) is 45.3. The van der Waals surface area contributed by atoms with Crippen molar-refractivity contribution in [2.45, 2.75) is 12.4 Å². The van der Waals surface area contributed by atoms with Crippen LogP contribution in [-0.4, -0.2) is 9.13 Å². The first-order valence-electron chi connectivity index (χ1n) is 21.1. The number of rotatable bonds is 6. The van der Waals surface area contributed by atoms with Crippen LogP contribution in [0.15, 0.2) is 200 Å². The number of alkyl halides is 6. The fourth-order valence-electron chi connectivity index (χ4n) is 9.53. The Labute approximate surface area is 374 Å². The van der Waals surface area contributed by atoms with Gasteiger partial charge >= 0.3 is 12.4 Å². The van der Waals surface area contributed by atoms with Crippen LogP contribution in [0.2, 0.25) is 0 Å². The highest BCUT2D eigenvalue weighted by atomic mass is 19.4. The molecule has 0 spiro atoms. The molecule has 0 aliphatic rings. The van der Waals surface area contributed by atoms with Crippen LogP contribution in [0.5, 0.6) is 0 Å². The number of para-hydroxylation sites is 2. The molecule has 0 N–H and O–H groups in total. The summed E-state index contributed by atoms with van der Waals surface area (Å²) in [6.45, 7) is 0. The summed E-state index contributed by atoms with van der Waals surface area (Å²) in [5, 5.41) is 14.5.